The molecule has 2 N–H and O–H groups in total. The second kappa shape index (κ2) is 10.4. The molecule has 0 radical (unpaired) electrons. The number of carbonyl (C=O) groups is 3. The Morgan fingerprint density at radius 1 is 1.13 bits per heavy atom. The molecule has 39 heavy (non-hydrogen) atoms. The number of aromatic nitrogens is 3. The van der Waals surface area contributed by atoms with Gasteiger partial charge >= 0.3 is 0 Å². The average molecular weight is 556 g/mol. The van der Waals surface area contributed by atoms with Crippen molar-refractivity contribution >= 4 is 57.3 Å². The number of pyridine rings is 2. The number of anilines is 1. The zero-order valence-corrected chi connectivity index (χ0v) is 22.1. The van der Waals surface area contributed by atoms with Crippen molar-refractivity contribution in [2.24, 2.45) is 0 Å². The van der Waals surface area contributed by atoms with E-state index in [4.69, 9.17) is 11.6 Å². The maximum Gasteiger partial charge on any atom is 0.265 e. The van der Waals surface area contributed by atoms with Crippen LogP contribution in [0.1, 0.15) is 36.9 Å². The Morgan fingerprint density at radius 2 is 2.03 bits per heavy atom. The monoisotopic (exact) mass is 555 g/mol. The zero-order valence-electron chi connectivity index (χ0n) is 20.6. The van der Waals surface area contributed by atoms with Gasteiger partial charge in [0.2, 0.25) is 0 Å². The Balaban J connectivity index is 1.26. The lowest BCUT2D eigenvalue weighted by Crippen LogP contribution is -2.44. The van der Waals surface area contributed by atoms with Gasteiger partial charge in [-0.15, -0.1) is 11.3 Å². The molecule has 0 bridgehead atoms. The van der Waals surface area contributed by atoms with Crippen LogP contribution < -0.4 is 5.32 Å². The Bertz CT molecular complexity index is 1710. The number of amides is 2. The number of nitrogens with one attached hydrogen (secondary N) is 2. The van der Waals surface area contributed by atoms with Gasteiger partial charge in [0, 0.05) is 55.1 Å². The van der Waals surface area contributed by atoms with E-state index in [2.05, 4.69) is 20.3 Å². The fraction of sp³-hybridized carbons (Fsp3) is 0.138. The molecular weight excluding hydrogens is 534 g/mol. The van der Waals surface area contributed by atoms with Crippen LogP contribution in [0.4, 0.5) is 5.82 Å². The van der Waals surface area contributed by atoms with Crippen LogP contribution in [0, 0.1) is 0 Å². The molecule has 2 amide bonds. The smallest absolute Gasteiger partial charge is 0.265 e. The molecule has 0 saturated carbocycles. The number of aromatic amines is 1. The Hall–Kier alpha value is -4.34. The maximum absolute atomic E-state index is 13.6. The number of nitrogens with zero attached hydrogens (tertiary/aromatic N) is 3. The van der Waals surface area contributed by atoms with Crippen LogP contribution in [-0.2, 0) is 24.2 Å². The van der Waals surface area contributed by atoms with Crippen molar-refractivity contribution in [3.05, 3.63) is 111 Å². The van der Waals surface area contributed by atoms with E-state index in [9.17, 15) is 14.4 Å². The van der Waals surface area contributed by atoms with Gasteiger partial charge < -0.3 is 15.2 Å². The van der Waals surface area contributed by atoms with Gasteiger partial charge in [0.05, 0.1) is 27.0 Å². The highest BCUT2D eigenvalue weighted by Crippen LogP contribution is 2.29. The third-order valence-corrected chi connectivity index (χ3v) is 8.01. The molecule has 0 aliphatic carbocycles. The van der Waals surface area contributed by atoms with E-state index in [1.807, 2.05) is 35.7 Å². The number of hydrogen-bond donors (Lipinski definition) is 2. The Kier molecular flexibility index (Phi) is 6.68. The van der Waals surface area contributed by atoms with Crippen LogP contribution in [0.5, 0.6) is 0 Å². The molecular formula is C29H22ClN5O3S. The summed E-state index contributed by atoms with van der Waals surface area (Å²) in [6, 6.07) is 15.4. The van der Waals surface area contributed by atoms with E-state index in [0.717, 1.165) is 22.2 Å². The number of ketones is 1. The van der Waals surface area contributed by atoms with E-state index < -0.39 is 11.9 Å². The number of carbonyl (C=O) groups excluding carboxylic acids is 3. The van der Waals surface area contributed by atoms with Crippen LogP contribution >= 0.6 is 22.9 Å². The lowest BCUT2D eigenvalue weighted by molar-refractivity contribution is -0.122. The number of thiophene rings is 1. The summed E-state index contributed by atoms with van der Waals surface area (Å²) in [5.41, 5.74) is 3.31. The van der Waals surface area contributed by atoms with Crippen LogP contribution in [0.2, 0.25) is 5.02 Å². The number of halogens is 1. The van der Waals surface area contributed by atoms with Crippen molar-refractivity contribution < 1.29 is 14.4 Å². The van der Waals surface area contributed by atoms with Crippen molar-refractivity contribution in [3.63, 3.8) is 0 Å². The van der Waals surface area contributed by atoms with Crippen molar-refractivity contribution in [2.75, 3.05) is 5.32 Å². The van der Waals surface area contributed by atoms with Gasteiger partial charge in [-0.05, 0) is 52.9 Å². The predicted molar refractivity (Wildman–Crippen MR) is 150 cm³/mol. The molecule has 1 atom stereocenters. The second-order valence-corrected chi connectivity index (χ2v) is 10.6. The first-order chi connectivity index (χ1) is 19.0. The fourth-order valence-corrected chi connectivity index (χ4v) is 5.94. The van der Waals surface area contributed by atoms with Gasteiger partial charge in [0.1, 0.15) is 5.82 Å². The first kappa shape index (κ1) is 25.0. The lowest BCUT2D eigenvalue weighted by Gasteiger charge is -2.29. The van der Waals surface area contributed by atoms with E-state index in [0.29, 0.717) is 22.7 Å². The zero-order chi connectivity index (χ0) is 26.9. The molecule has 10 heteroatoms. The molecule has 1 aliphatic heterocycles. The second-order valence-electron chi connectivity index (χ2n) is 9.29. The molecule has 0 fully saturated rings. The molecule has 0 spiro atoms. The molecule has 6 rings (SSSR count). The van der Waals surface area contributed by atoms with Gasteiger partial charge in [-0.25, -0.2) is 4.98 Å². The lowest BCUT2D eigenvalue weighted by atomic mass is 10.0. The van der Waals surface area contributed by atoms with E-state index in [-0.39, 0.29) is 35.2 Å². The van der Waals surface area contributed by atoms with Crippen LogP contribution in [-0.4, -0.2) is 43.5 Å². The largest absolute Gasteiger partial charge is 0.361 e. The number of benzene rings is 1. The highest BCUT2D eigenvalue weighted by Gasteiger charge is 2.36. The Morgan fingerprint density at radius 3 is 2.85 bits per heavy atom. The first-order valence-corrected chi connectivity index (χ1v) is 13.5. The SMILES string of the molecule is O=C(Nc1cc2[nH]ccc2cn1)c1ccc(CN2C(=O)c3sccc3CC(=O)[C@H]2Cc2ccccn2)cc1Cl. The molecule has 4 aromatic heterocycles. The fourth-order valence-electron chi connectivity index (χ4n) is 4.77. The van der Waals surface area contributed by atoms with Gasteiger partial charge in [-0.3, -0.25) is 19.4 Å². The molecule has 1 aliphatic rings. The third-order valence-electron chi connectivity index (χ3n) is 6.75. The van der Waals surface area contributed by atoms with Crippen molar-refractivity contribution in [2.45, 2.75) is 25.4 Å². The number of fused-ring (bicyclic) bond motifs is 2. The average Bonchev–Trinajstić information content (AvgIpc) is 3.58. The summed E-state index contributed by atoms with van der Waals surface area (Å²) in [6.07, 6.45) is 5.66. The van der Waals surface area contributed by atoms with Gasteiger partial charge in [0.15, 0.2) is 5.78 Å². The summed E-state index contributed by atoms with van der Waals surface area (Å²) < 4.78 is 0. The molecule has 8 nitrogen and oxygen atoms in total. The minimum Gasteiger partial charge on any atom is -0.361 e. The summed E-state index contributed by atoms with van der Waals surface area (Å²) in [5.74, 6) is -0.245. The highest BCUT2D eigenvalue weighted by atomic mass is 35.5. The van der Waals surface area contributed by atoms with Crippen molar-refractivity contribution in [1.82, 2.24) is 19.9 Å². The normalized spacial score (nSPS) is 15.3. The third kappa shape index (κ3) is 5.06. The molecule has 0 unspecified atom stereocenters. The van der Waals surface area contributed by atoms with Crippen LogP contribution in [0.15, 0.2) is 78.6 Å². The number of hydrogen-bond acceptors (Lipinski definition) is 6. The quantitative estimate of drug-likeness (QED) is 0.295. The number of rotatable bonds is 6. The Labute approximate surface area is 232 Å². The van der Waals surface area contributed by atoms with Crippen molar-refractivity contribution in [1.29, 1.82) is 0 Å². The maximum atomic E-state index is 13.6. The van der Waals surface area contributed by atoms with Crippen LogP contribution in [0.3, 0.4) is 0 Å². The molecule has 0 saturated heterocycles. The minimum absolute atomic E-state index is 0.0419. The van der Waals surface area contributed by atoms with Gasteiger partial charge in [0.25, 0.3) is 11.8 Å². The van der Waals surface area contributed by atoms with Gasteiger partial charge in [-0.1, -0.05) is 23.7 Å². The van der Waals surface area contributed by atoms with Gasteiger partial charge in [-0.2, -0.15) is 0 Å². The number of Topliss-reactive ketones (excluding diaryl/α,β-unsaturated/α-hetero) is 1. The number of H-pyrrole nitrogens is 1. The first-order valence-electron chi connectivity index (χ1n) is 12.3. The van der Waals surface area contributed by atoms with E-state index in [1.165, 1.54) is 11.3 Å². The predicted octanol–water partition coefficient (Wildman–Crippen LogP) is 5.30. The summed E-state index contributed by atoms with van der Waals surface area (Å²) in [5, 5.41) is 5.78. The molecule has 1 aromatic carbocycles. The summed E-state index contributed by atoms with van der Waals surface area (Å²) in [7, 11) is 0. The summed E-state index contributed by atoms with van der Waals surface area (Å²) >= 11 is 7.88. The van der Waals surface area contributed by atoms with E-state index in [1.54, 1.807) is 47.8 Å². The van der Waals surface area contributed by atoms with E-state index >= 15 is 0 Å². The summed E-state index contributed by atoms with van der Waals surface area (Å²) in [4.78, 5) is 53.9. The van der Waals surface area contributed by atoms with Crippen LogP contribution in [0.25, 0.3) is 10.9 Å². The van der Waals surface area contributed by atoms with Crippen molar-refractivity contribution in [3.8, 4) is 0 Å². The standard InChI is InChI=1S/C29H22ClN5O3S/c30-22-11-17(4-5-21(22)28(37)34-26-14-23-19(15-33-26)6-9-32-23)16-35-24(13-20-3-1-2-8-31-20)25(36)12-18-7-10-39-27(18)29(35)38/h1-11,14-15,24,32H,12-13,16H2,(H,33,34,37)/t24-/m1/s1. The topological polar surface area (TPSA) is 108 Å². The molecule has 194 valence electrons. The minimum atomic E-state index is -0.678. The molecule has 5 aromatic rings. The molecule has 5 heterocycles. The highest BCUT2D eigenvalue weighted by molar-refractivity contribution is 7.12. The summed E-state index contributed by atoms with van der Waals surface area (Å²) in [6.45, 7) is 0.159.